The Balaban J connectivity index is 1.59. The number of fused-ring (bicyclic) bond motifs is 1. The molecule has 2 heterocycles. The highest BCUT2D eigenvalue weighted by atomic mass is 16.3. The number of nitrogens with zero attached hydrogens (tertiary/aromatic N) is 4. The Morgan fingerprint density at radius 2 is 2.04 bits per heavy atom. The molecule has 0 spiro atoms. The van der Waals surface area contributed by atoms with Gasteiger partial charge >= 0.3 is 0 Å². The van der Waals surface area contributed by atoms with Crippen molar-refractivity contribution < 1.29 is 5.11 Å². The molecule has 1 aliphatic carbocycles. The number of aliphatic hydroxyl groups is 1. The zero-order valence-corrected chi connectivity index (χ0v) is 13.7. The molecule has 0 aliphatic heterocycles. The topological polar surface area (TPSA) is 75.3 Å². The van der Waals surface area contributed by atoms with Crippen LogP contribution in [0.4, 0.5) is 5.82 Å². The molecule has 1 aromatic carbocycles. The fraction of sp³-hybridized carbons (Fsp3) is 0.389. The van der Waals surface area contributed by atoms with E-state index in [0.717, 1.165) is 24.8 Å². The van der Waals surface area contributed by atoms with E-state index in [-0.39, 0.29) is 0 Å². The van der Waals surface area contributed by atoms with Crippen molar-refractivity contribution in [1.82, 2.24) is 19.8 Å². The van der Waals surface area contributed by atoms with Gasteiger partial charge in [-0.25, -0.2) is 0 Å². The van der Waals surface area contributed by atoms with Crippen molar-refractivity contribution in [3.8, 4) is 11.4 Å². The highest BCUT2D eigenvalue weighted by Gasteiger charge is 2.35. The first kappa shape index (κ1) is 15.1. The van der Waals surface area contributed by atoms with Crippen molar-refractivity contribution >= 4 is 11.5 Å². The predicted octanol–water partition coefficient (Wildman–Crippen LogP) is 2.75. The molecule has 124 valence electrons. The number of anilines is 1. The summed E-state index contributed by atoms with van der Waals surface area (Å²) in [7, 11) is 0. The van der Waals surface area contributed by atoms with Gasteiger partial charge in [0.05, 0.1) is 5.60 Å². The zero-order valence-electron chi connectivity index (χ0n) is 13.7. The van der Waals surface area contributed by atoms with Crippen LogP contribution in [0.25, 0.3) is 17.0 Å². The normalized spacial score (nSPS) is 23.7. The first-order chi connectivity index (χ1) is 11.6. The summed E-state index contributed by atoms with van der Waals surface area (Å²) in [6.45, 7) is 2.70. The smallest absolute Gasteiger partial charge is 0.185 e. The van der Waals surface area contributed by atoms with Crippen molar-refractivity contribution in [2.45, 2.75) is 31.8 Å². The third-order valence-corrected chi connectivity index (χ3v) is 4.72. The van der Waals surface area contributed by atoms with Gasteiger partial charge in [-0.1, -0.05) is 37.3 Å². The lowest BCUT2D eigenvalue weighted by molar-refractivity contribution is 0.0577. The molecule has 6 nitrogen and oxygen atoms in total. The molecule has 2 N–H and O–H groups in total. The van der Waals surface area contributed by atoms with E-state index in [2.05, 4.69) is 27.5 Å². The van der Waals surface area contributed by atoms with E-state index in [1.165, 1.54) is 0 Å². The van der Waals surface area contributed by atoms with E-state index in [1.807, 2.05) is 42.5 Å². The molecule has 6 heteroatoms. The minimum Gasteiger partial charge on any atom is -0.388 e. The molecule has 2 atom stereocenters. The van der Waals surface area contributed by atoms with Gasteiger partial charge in [0, 0.05) is 12.1 Å². The maximum atomic E-state index is 10.6. The average molecular weight is 323 g/mol. The summed E-state index contributed by atoms with van der Waals surface area (Å²) in [6.07, 6.45) is 2.75. The van der Waals surface area contributed by atoms with Crippen LogP contribution in [0, 0.1) is 5.92 Å². The maximum Gasteiger partial charge on any atom is 0.185 e. The van der Waals surface area contributed by atoms with E-state index in [9.17, 15) is 5.11 Å². The third-order valence-electron chi connectivity index (χ3n) is 4.72. The SMILES string of the molecule is CC1CCC(O)(CNc2ccc3nnc(-c4ccccc4)n3n2)C1. The van der Waals surface area contributed by atoms with Gasteiger partial charge in [0.2, 0.25) is 0 Å². The number of rotatable bonds is 4. The van der Waals surface area contributed by atoms with Gasteiger partial charge in [0.25, 0.3) is 0 Å². The van der Waals surface area contributed by atoms with Gasteiger partial charge in [-0.3, -0.25) is 0 Å². The maximum absolute atomic E-state index is 10.6. The van der Waals surface area contributed by atoms with Crippen LogP contribution >= 0.6 is 0 Å². The van der Waals surface area contributed by atoms with Crippen LogP contribution in [0.15, 0.2) is 42.5 Å². The first-order valence-corrected chi connectivity index (χ1v) is 8.37. The third kappa shape index (κ3) is 2.85. The number of aromatic nitrogens is 4. The second kappa shape index (κ2) is 5.87. The summed E-state index contributed by atoms with van der Waals surface area (Å²) in [5.74, 6) is 2.00. The number of hydrogen-bond acceptors (Lipinski definition) is 5. The highest BCUT2D eigenvalue weighted by molar-refractivity contribution is 5.59. The van der Waals surface area contributed by atoms with Crippen molar-refractivity contribution in [2.75, 3.05) is 11.9 Å². The van der Waals surface area contributed by atoms with Crippen LogP contribution in [-0.2, 0) is 0 Å². The van der Waals surface area contributed by atoms with Crippen molar-refractivity contribution in [2.24, 2.45) is 5.92 Å². The fourth-order valence-corrected chi connectivity index (χ4v) is 3.43. The molecular weight excluding hydrogens is 302 g/mol. The molecule has 3 aromatic rings. The first-order valence-electron chi connectivity index (χ1n) is 8.37. The Kier molecular flexibility index (Phi) is 3.69. The molecule has 2 unspecified atom stereocenters. The lowest BCUT2D eigenvalue weighted by atomic mass is 10.0. The Labute approximate surface area is 140 Å². The van der Waals surface area contributed by atoms with E-state index < -0.39 is 5.60 Å². The van der Waals surface area contributed by atoms with E-state index >= 15 is 0 Å². The number of hydrogen-bond donors (Lipinski definition) is 2. The monoisotopic (exact) mass is 323 g/mol. The Hall–Kier alpha value is -2.47. The molecule has 1 saturated carbocycles. The van der Waals surface area contributed by atoms with Gasteiger partial charge in [-0.05, 0) is 37.3 Å². The van der Waals surface area contributed by atoms with E-state index in [4.69, 9.17) is 0 Å². The molecule has 0 saturated heterocycles. The summed E-state index contributed by atoms with van der Waals surface area (Å²) < 4.78 is 1.74. The Morgan fingerprint density at radius 1 is 1.21 bits per heavy atom. The van der Waals surface area contributed by atoms with Gasteiger partial charge in [-0.15, -0.1) is 15.3 Å². The van der Waals surface area contributed by atoms with Crippen LogP contribution in [0.5, 0.6) is 0 Å². The van der Waals surface area contributed by atoms with Crippen LogP contribution in [0.2, 0.25) is 0 Å². The number of benzene rings is 1. The molecule has 0 radical (unpaired) electrons. The molecule has 24 heavy (non-hydrogen) atoms. The predicted molar refractivity (Wildman–Crippen MR) is 92.7 cm³/mol. The van der Waals surface area contributed by atoms with E-state index in [1.54, 1.807) is 4.52 Å². The van der Waals surface area contributed by atoms with E-state index in [0.29, 0.717) is 29.8 Å². The highest BCUT2D eigenvalue weighted by Crippen LogP contribution is 2.34. The Morgan fingerprint density at radius 3 is 2.79 bits per heavy atom. The summed E-state index contributed by atoms with van der Waals surface area (Å²) in [6, 6.07) is 13.6. The molecule has 4 rings (SSSR count). The van der Waals surface area contributed by atoms with Gasteiger partial charge in [-0.2, -0.15) is 4.52 Å². The standard InChI is InChI=1S/C18H21N5O/c1-13-9-10-18(24,11-13)12-19-15-7-8-16-20-21-17(23(16)22-15)14-5-3-2-4-6-14/h2-8,13,24H,9-12H2,1H3,(H,19,22). The summed E-state index contributed by atoms with van der Waals surface area (Å²) in [5.41, 5.74) is 1.04. The van der Waals surface area contributed by atoms with Gasteiger partial charge < -0.3 is 10.4 Å². The van der Waals surface area contributed by atoms with Gasteiger partial charge in [0.15, 0.2) is 11.5 Å². The molecular formula is C18H21N5O. The van der Waals surface area contributed by atoms with Gasteiger partial charge in [0.1, 0.15) is 5.82 Å². The fourth-order valence-electron chi connectivity index (χ4n) is 3.43. The summed E-state index contributed by atoms with van der Waals surface area (Å²) in [4.78, 5) is 0. The average Bonchev–Trinajstić information content (AvgIpc) is 3.17. The second-order valence-corrected chi connectivity index (χ2v) is 6.80. The van der Waals surface area contributed by atoms with Crippen molar-refractivity contribution in [1.29, 1.82) is 0 Å². The molecule has 1 aliphatic rings. The van der Waals surface area contributed by atoms with Crippen LogP contribution in [0.1, 0.15) is 26.2 Å². The zero-order chi connectivity index (χ0) is 16.6. The van der Waals surface area contributed by atoms with Crippen molar-refractivity contribution in [3.05, 3.63) is 42.5 Å². The molecule has 1 fully saturated rings. The second-order valence-electron chi connectivity index (χ2n) is 6.80. The molecule has 2 aromatic heterocycles. The Bertz CT molecular complexity index is 847. The lowest BCUT2D eigenvalue weighted by Crippen LogP contribution is -2.34. The molecule has 0 bridgehead atoms. The largest absolute Gasteiger partial charge is 0.388 e. The molecule has 0 amide bonds. The summed E-state index contributed by atoms with van der Waals surface area (Å²) >= 11 is 0. The minimum absolute atomic E-state index is 0.513. The lowest BCUT2D eigenvalue weighted by Gasteiger charge is -2.23. The number of nitrogens with one attached hydrogen (secondary N) is 1. The van der Waals surface area contributed by atoms with Crippen LogP contribution in [0.3, 0.4) is 0 Å². The van der Waals surface area contributed by atoms with Crippen LogP contribution in [-0.4, -0.2) is 37.1 Å². The minimum atomic E-state index is -0.633. The van der Waals surface area contributed by atoms with Crippen LogP contribution < -0.4 is 5.32 Å². The van der Waals surface area contributed by atoms with Crippen molar-refractivity contribution in [3.63, 3.8) is 0 Å². The quantitative estimate of drug-likeness (QED) is 0.772. The summed E-state index contributed by atoms with van der Waals surface area (Å²) in [5, 5.41) is 26.9.